The van der Waals surface area contributed by atoms with Crippen LogP contribution in [0.5, 0.6) is 0 Å². The minimum Gasteiger partial charge on any atom is -0.332 e. The molecule has 0 aromatic carbocycles. The molecule has 5 nitrogen and oxygen atoms in total. The first-order chi connectivity index (χ1) is 8.53. The van der Waals surface area contributed by atoms with Crippen LogP contribution in [0.15, 0.2) is 0 Å². The number of likely N-dealkylation sites (N-methyl/N-ethyl adjacent to an activating group) is 2. The first kappa shape index (κ1) is 15.0. The predicted octanol–water partition coefficient (Wildman–Crippen LogP) is 0.311. The van der Waals surface area contributed by atoms with Crippen LogP contribution in [0.4, 0.5) is 0 Å². The average Bonchev–Trinajstić information content (AvgIpc) is 2.38. The molecule has 0 saturated carbocycles. The van der Waals surface area contributed by atoms with E-state index in [1.54, 1.807) is 9.80 Å². The Morgan fingerprint density at radius 2 is 1.72 bits per heavy atom. The standard InChI is InChI=1S/C13H25N3O2/c1-5-10(3)11(14-4)7-16-9-12(17)15(6-2)8-13(16)18/h10-11,14H,5-9H2,1-4H3. The van der Waals surface area contributed by atoms with E-state index in [1.807, 2.05) is 14.0 Å². The van der Waals surface area contributed by atoms with E-state index in [0.717, 1.165) is 6.42 Å². The van der Waals surface area contributed by atoms with Crippen LogP contribution in [0.3, 0.4) is 0 Å². The van der Waals surface area contributed by atoms with Gasteiger partial charge in [0.25, 0.3) is 0 Å². The molecular weight excluding hydrogens is 230 g/mol. The molecule has 0 aromatic heterocycles. The quantitative estimate of drug-likeness (QED) is 0.743. The number of rotatable bonds is 6. The van der Waals surface area contributed by atoms with Crippen molar-refractivity contribution in [2.24, 2.45) is 5.92 Å². The van der Waals surface area contributed by atoms with Crippen LogP contribution in [-0.4, -0.2) is 60.9 Å². The van der Waals surface area contributed by atoms with Gasteiger partial charge in [-0.15, -0.1) is 0 Å². The van der Waals surface area contributed by atoms with E-state index >= 15 is 0 Å². The normalized spacial score (nSPS) is 20.2. The third-order valence-corrected chi connectivity index (χ3v) is 3.86. The number of amides is 2. The number of carbonyl (C=O) groups is 2. The maximum absolute atomic E-state index is 12.0. The fourth-order valence-electron chi connectivity index (χ4n) is 2.24. The second-order valence-corrected chi connectivity index (χ2v) is 4.96. The lowest BCUT2D eigenvalue weighted by Crippen LogP contribution is -2.57. The average molecular weight is 255 g/mol. The minimum atomic E-state index is 0.0519. The van der Waals surface area contributed by atoms with Crippen LogP contribution in [0, 0.1) is 5.92 Å². The zero-order chi connectivity index (χ0) is 13.7. The molecule has 5 heteroatoms. The second kappa shape index (κ2) is 6.73. The molecule has 18 heavy (non-hydrogen) atoms. The van der Waals surface area contributed by atoms with Gasteiger partial charge in [-0.1, -0.05) is 20.3 Å². The van der Waals surface area contributed by atoms with Crippen LogP contribution in [0.2, 0.25) is 0 Å². The van der Waals surface area contributed by atoms with Gasteiger partial charge in [0.1, 0.15) is 0 Å². The maximum atomic E-state index is 12.0. The third-order valence-electron chi connectivity index (χ3n) is 3.86. The van der Waals surface area contributed by atoms with Crippen molar-refractivity contribution < 1.29 is 9.59 Å². The van der Waals surface area contributed by atoms with Crippen molar-refractivity contribution in [3.63, 3.8) is 0 Å². The van der Waals surface area contributed by atoms with Gasteiger partial charge in [0.05, 0.1) is 13.1 Å². The molecule has 0 bridgehead atoms. The summed E-state index contributed by atoms with van der Waals surface area (Å²) < 4.78 is 0. The van der Waals surface area contributed by atoms with Crippen molar-refractivity contribution in [1.82, 2.24) is 15.1 Å². The Balaban J connectivity index is 2.61. The fourth-order valence-corrected chi connectivity index (χ4v) is 2.24. The molecule has 104 valence electrons. The van der Waals surface area contributed by atoms with Crippen molar-refractivity contribution in [3.8, 4) is 0 Å². The van der Waals surface area contributed by atoms with Gasteiger partial charge in [0.15, 0.2) is 0 Å². The van der Waals surface area contributed by atoms with E-state index in [4.69, 9.17) is 0 Å². The molecule has 1 N–H and O–H groups in total. The molecule has 1 rings (SSSR count). The van der Waals surface area contributed by atoms with Gasteiger partial charge in [-0.3, -0.25) is 9.59 Å². The Labute approximate surface area is 110 Å². The van der Waals surface area contributed by atoms with E-state index < -0.39 is 0 Å². The highest BCUT2D eigenvalue weighted by atomic mass is 16.2. The van der Waals surface area contributed by atoms with E-state index in [0.29, 0.717) is 19.0 Å². The molecule has 0 radical (unpaired) electrons. The summed E-state index contributed by atoms with van der Waals surface area (Å²) in [6.45, 7) is 7.88. The van der Waals surface area contributed by atoms with Gasteiger partial charge in [-0.05, 0) is 19.9 Å². The molecule has 1 heterocycles. The lowest BCUT2D eigenvalue weighted by atomic mass is 9.98. The van der Waals surface area contributed by atoms with Crippen LogP contribution in [0.1, 0.15) is 27.2 Å². The van der Waals surface area contributed by atoms with Crippen molar-refractivity contribution in [2.45, 2.75) is 33.2 Å². The number of hydrogen-bond acceptors (Lipinski definition) is 3. The van der Waals surface area contributed by atoms with Gasteiger partial charge in [-0.2, -0.15) is 0 Å². The fraction of sp³-hybridized carbons (Fsp3) is 0.846. The summed E-state index contributed by atoms with van der Waals surface area (Å²) in [5.41, 5.74) is 0. The third kappa shape index (κ3) is 3.45. The monoisotopic (exact) mass is 255 g/mol. The molecular formula is C13H25N3O2. The number of piperazine rings is 1. The van der Waals surface area contributed by atoms with Gasteiger partial charge in [-0.25, -0.2) is 0 Å². The maximum Gasteiger partial charge on any atom is 0.242 e. The Hall–Kier alpha value is -1.10. The van der Waals surface area contributed by atoms with Crippen LogP contribution in [-0.2, 0) is 9.59 Å². The highest BCUT2D eigenvalue weighted by molar-refractivity contribution is 5.92. The van der Waals surface area contributed by atoms with E-state index in [9.17, 15) is 9.59 Å². The number of nitrogens with zero attached hydrogens (tertiary/aromatic N) is 2. The van der Waals surface area contributed by atoms with E-state index in [-0.39, 0.29) is 30.9 Å². The van der Waals surface area contributed by atoms with Crippen molar-refractivity contribution in [2.75, 3.05) is 33.2 Å². The molecule has 2 atom stereocenters. The number of nitrogens with one attached hydrogen (secondary N) is 1. The summed E-state index contributed by atoms with van der Waals surface area (Å²) in [6, 6.07) is 0.250. The largest absolute Gasteiger partial charge is 0.332 e. The molecule has 0 aromatic rings. The van der Waals surface area contributed by atoms with E-state index in [1.165, 1.54) is 0 Å². The Kier molecular flexibility index (Phi) is 5.59. The summed E-state index contributed by atoms with van der Waals surface area (Å²) in [6.07, 6.45) is 1.06. The molecule has 2 unspecified atom stereocenters. The first-order valence-electron chi connectivity index (χ1n) is 6.76. The summed E-state index contributed by atoms with van der Waals surface area (Å²) in [7, 11) is 1.91. The second-order valence-electron chi connectivity index (χ2n) is 4.96. The molecule has 1 aliphatic rings. The smallest absolute Gasteiger partial charge is 0.242 e. The Morgan fingerprint density at radius 1 is 1.17 bits per heavy atom. The summed E-state index contributed by atoms with van der Waals surface area (Å²) in [5.74, 6) is 0.596. The minimum absolute atomic E-state index is 0.0519. The van der Waals surface area contributed by atoms with Crippen molar-refractivity contribution >= 4 is 11.8 Å². The van der Waals surface area contributed by atoms with E-state index in [2.05, 4.69) is 19.2 Å². The van der Waals surface area contributed by atoms with Crippen LogP contribution < -0.4 is 5.32 Å². The summed E-state index contributed by atoms with van der Waals surface area (Å²) >= 11 is 0. The van der Waals surface area contributed by atoms with Gasteiger partial charge >= 0.3 is 0 Å². The lowest BCUT2D eigenvalue weighted by Gasteiger charge is -2.36. The van der Waals surface area contributed by atoms with Crippen LogP contribution >= 0.6 is 0 Å². The molecule has 1 saturated heterocycles. The highest BCUT2D eigenvalue weighted by Crippen LogP contribution is 2.12. The Morgan fingerprint density at radius 3 is 2.22 bits per heavy atom. The van der Waals surface area contributed by atoms with Crippen LogP contribution in [0.25, 0.3) is 0 Å². The zero-order valence-electron chi connectivity index (χ0n) is 11.9. The molecule has 2 amide bonds. The Bertz CT molecular complexity index is 307. The number of carbonyl (C=O) groups excluding carboxylic acids is 2. The summed E-state index contributed by atoms with van der Waals surface area (Å²) in [4.78, 5) is 27.1. The van der Waals surface area contributed by atoms with Gasteiger partial charge < -0.3 is 15.1 Å². The molecule has 0 aliphatic carbocycles. The van der Waals surface area contributed by atoms with Gasteiger partial charge in [0, 0.05) is 19.1 Å². The molecule has 1 fully saturated rings. The highest BCUT2D eigenvalue weighted by Gasteiger charge is 2.30. The molecule has 1 aliphatic heterocycles. The SMILES string of the molecule is CCC(C)C(CN1CC(=O)N(CC)CC1=O)NC. The van der Waals surface area contributed by atoms with Crippen molar-refractivity contribution in [1.29, 1.82) is 0 Å². The zero-order valence-corrected chi connectivity index (χ0v) is 11.9. The lowest BCUT2D eigenvalue weighted by molar-refractivity contribution is -0.150. The topological polar surface area (TPSA) is 52.7 Å². The summed E-state index contributed by atoms with van der Waals surface area (Å²) in [5, 5.41) is 3.24. The predicted molar refractivity (Wildman–Crippen MR) is 71.1 cm³/mol. The molecule has 0 spiro atoms. The van der Waals surface area contributed by atoms with Crippen molar-refractivity contribution in [3.05, 3.63) is 0 Å². The first-order valence-corrected chi connectivity index (χ1v) is 6.76. The number of hydrogen-bond donors (Lipinski definition) is 1. The van der Waals surface area contributed by atoms with Gasteiger partial charge in [0.2, 0.25) is 11.8 Å².